The number of nitrogens with zero attached hydrogens (tertiary/aromatic N) is 3. The number of hydrogen-bond donors (Lipinski definition) is 5. The third kappa shape index (κ3) is 5.67. The molecule has 0 bridgehead atoms. The van der Waals surface area contributed by atoms with Crippen LogP contribution in [0.5, 0.6) is 0 Å². The number of hydrogen-bond acceptors (Lipinski definition) is 9. The first kappa shape index (κ1) is 25.6. The normalized spacial score (nSPS) is 27.8. The molecule has 4 rings (SSSR count). The Labute approximate surface area is 196 Å². The number of aliphatic hydroxyl groups is 2. The van der Waals surface area contributed by atoms with Crippen LogP contribution in [0.1, 0.15) is 37.4 Å². The van der Waals surface area contributed by atoms with E-state index in [2.05, 4.69) is 14.9 Å². The fraction of sp³-hybridized carbons (Fsp3) is 0.600. The maximum atomic E-state index is 11.9. The quantitative estimate of drug-likeness (QED) is 0.319. The van der Waals surface area contributed by atoms with Crippen LogP contribution >= 0.6 is 15.2 Å². The predicted molar refractivity (Wildman–Crippen MR) is 123 cm³/mol. The number of aliphatic hydroxyl groups excluding tert-OH is 2. The summed E-state index contributed by atoms with van der Waals surface area (Å²) in [4.78, 5) is 38.4. The number of ether oxygens (including phenoxy) is 1. The summed E-state index contributed by atoms with van der Waals surface area (Å²) in [5.74, 6) is -0.539. The van der Waals surface area contributed by atoms with Gasteiger partial charge in [-0.2, -0.15) is 0 Å². The first-order chi connectivity index (χ1) is 16.0. The van der Waals surface area contributed by atoms with Gasteiger partial charge in [0, 0.05) is 18.5 Å². The Kier molecular flexibility index (Phi) is 7.45. The van der Waals surface area contributed by atoms with E-state index in [4.69, 9.17) is 19.0 Å². The molecule has 1 aliphatic carbocycles. The molecule has 1 aliphatic heterocycles. The Hall–Kier alpha value is -1.46. The Balaban J connectivity index is 1.50. The van der Waals surface area contributed by atoms with Crippen molar-refractivity contribution in [2.24, 2.45) is 0 Å². The van der Waals surface area contributed by atoms with Crippen molar-refractivity contribution in [2.75, 3.05) is 24.5 Å². The van der Waals surface area contributed by atoms with Crippen molar-refractivity contribution >= 4 is 31.9 Å². The van der Waals surface area contributed by atoms with E-state index in [1.165, 1.54) is 19.2 Å². The minimum absolute atomic E-state index is 0.418. The van der Waals surface area contributed by atoms with Gasteiger partial charge in [-0.3, -0.25) is 9.13 Å². The van der Waals surface area contributed by atoms with Gasteiger partial charge in [-0.1, -0.05) is 18.9 Å². The van der Waals surface area contributed by atoms with E-state index in [0.29, 0.717) is 17.1 Å². The molecule has 1 aromatic carbocycles. The summed E-state index contributed by atoms with van der Waals surface area (Å²) in [7, 11) is -7.39. The highest BCUT2D eigenvalue weighted by Gasteiger charge is 2.45. The van der Waals surface area contributed by atoms with Crippen LogP contribution in [0, 0.1) is 0 Å². The standard InChI is InChI=1S/C20H29N3O9P2/c1-23(13-4-2-3-5-13)20-14-7-6-12(8-15(14)21-10-22-20)19-18(25)17(24)16(32-19)9-31-34(29,30)11-33(26,27)28/h6-8,10,13,16-19,24-25H,2-5,9,11H2,1H3,(H,29,30)(H2,26,27,28)/t16-,17-,18-,19+/m1/s1. The highest BCUT2D eigenvalue weighted by atomic mass is 31.2. The number of aromatic nitrogens is 2. The summed E-state index contributed by atoms with van der Waals surface area (Å²) in [6.45, 7) is -0.630. The van der Waals surface area contributed by atoms with Crippen LogP contribution in [0.15, 0.2) is 24.5 Å². The molecule has 2 fully saturated rings. The zero-order valence-electron chi connectivity index (χ0n) is 18.5. The molecule has 0 spiro atoms. The lowest BCUT2D eigenvalue weighted by Gasteiger charge is -2.26. The second-order valence-electron chi connectivity index (χ2n) is 8.84. The lowest BCUT2D eigenvalue weighted by atomic mass is 10.00. The lowest BCUT2D eigenvalue weighted by molar-refractivity contribution is -0.0186. The molecule has 1 saturated carbocycles. The largest absolute Gasteiger partial charge is 0.387 e. The number of rotatable bonds is 8. The lowest BCUT2D eigenvalue weighted by Crippen LogP contribution is -2.33. The van der Waals surface area contributed by atoms with Gasteiger partial charge >= 0.3 is 15.2 Å². The molecule has 2 aromatic rings. The van der Waals surface area contributed by atoms with Crippen molar-refractivity contribution < 1.29 is 43.3 Å². The summed E-state index contributed by atoms with van der Waals surface area (Å²) in [6.07, 6.45) is 1.15. The summed E-state index contributed by atoms with van der Waals surface area (Å²) in [5.41, 5.74) is 1.18. The molecule has 2 aliphatic rings. The van der Waals surface area contributed by atoms with Gasteiger partial charge in [0.05, 0.1) is 12.1 Å². The maximum Gasteiger partial charge on any atom is 0.340 e. The molecule has 188 valence electrons. The Morgan fingerprint density at radius 1 is 1.12 bits per heavy atom. The van der Waals surface area contributed by atoms with Gasteiger partial charge in [-0.05, 0) is 30.5 Å². The van der Waals surface area contributed by atoms with Gasteiger partial charge in [-0.25, -0.2) is 9.97 Å². The molecule has 1 saturated heterocycles. The van der Waals surface area contributed by atoms with Gasteiger partial charge < -0.3 is 39.1 Å². The van der Waals surface area contributed by atoms with Gasteiger partial charge in [-0.15, -0.1) is 0 Å². The van der Waals surface area contributed by atoms with Crippen LogP contribution in [0.2, 0.25) is 0 Å². The van der Waals surface area contributed by atoms with Crippen molar-refractivity contribution in [1.82, 2.24) is 9.97 Å². The molecule has 2 heterocycles. The second-order valence-corrected chi connectivity index (χ2v) is 12.8. The molecule has 14 heteroatoms. The highest BCUT2D eigenvalue weighted by molar-refractivity contribution is 7.70. The van der Waals surface area contributed by atoms with Crippen molar-refractivity contribution in [2.45, 2.75) is 56.1 Å². The van der Waals surface area contributed by atoms with Crippen LogP contribution in [-0.2, 0) is 18.4 Å². The Bertz CT molecular complexity index is 1120. The van der Waals surface area contributed by atoms with E-state index < -0.39 is 52.1 Å². The minimum atomic E-state index is -4.78. The van der Waals surface area contributed by atoms with E-state index in [1.54, 1.807) is 12.1 Å². The summed E-state index contributed by atoms with van der Waals surface area (Å²) < 4.78 is 33.3. The van der Waals surface area contributed by atoms with E-state index in [9.17, 15) is 24.2 Å². The third-order valence-corrected chi connectivity index (χ3v) is 9.80. The maximum absolute atomic E-state index is 11.9. The number of fused-ring (bicyclic) bond motifs is 1. The molecule has 5 N–H and O–H groups in total. The topological polar surface area (TPSA) is 183 Å². The first-order valence-electron chi connectivity index (χ1n) is 11.0. The molecular weight excluding hydrogens is 488 g/mol. The Morgan fingerprint density at radius 3 is 2.50 bits per heavy atom. The zero-order valence-corrected chi connectivity index (χ0v) is 20.3. The summed E-state index contributed by atoms with van der Waals surface area (Å²) in [5, 5.41) is 21.7. The van der Waals surface area contributed by atoms with Crippen LogP contribution < -0.4 is 4.90 Å². The highest BCUT2D eigenvalue weighted by Crippen LogP contribution is 2.55. The summed E-state index contributed by atoms with van der Waals surface area (Å²) in [6, 6.07) is 5.73. The fourth-order valence-corrected chi connectivity index (χ4v) is 7.18. The van der Waals surface area contributed by atoms with Gasteiger partial charge in [0.1, 0.15) is 36.6 Å². The average Bonchev–Trinajstić information content (AvgIpc) is 3.39. The van der Waals surface area contributed by atoms with Crippen LogP contribution in [0.3, 0.4) is 0 Å². The van der Waals surface area contributed by atoms with Crippen LogP contribution in [0.4, 0.5) is 5.82 Å². The molecule has 0 radical (unpaired) electrons. The molecule has 1 aromatic heterocycles. The smallest absolute Gasteiger partial charge is 0.340 e. The molecule has 1 unspecified atom stereocenters. The molecule has 0 amide bonds. The second kappa shape index (κ2) is 9.89. The van der Waals surface area contributed by atoms with E-state index >= 15 is 0 Å². The minimum Gasteiger partial charge on any atom is -0.387 e. The monoisotopic (exact) mass is 517 g/mol. The van der Waals surface area contributed by atoms with Crippen molar-refractivity contribution in [3.05, 3.63) is 30.1 Å². The molecule has 12 nitrogen and oxygen atoms in total. The number of benzene rings is 1. The van der Waals surface area contributed by atoms with Gasteiger partial charge in [0.15, 0.2) is 5.90 Å². The Morgan fingerprint density at radius 2 is 1.82 bits per heavy atom. The fourth-order valence-electron chi connectivity index (χ4n) is 4.61. The van der Waals surface area contributed by atoms with Crippen LogP contribution in [-0.4, -0.2) is 78.8 Å². The van der Waals surface area contributed by atoms with Gasteiger partial charge in [0.2, 0.25) is 0 Å². The predicted octanol–water partition coefficient (Wildman–Crippen LogP) is 1.51. The molecule has 5 atom stereocenters. The van der Waals surface area contributed by atoms with Crippen molar-refractivity contribution in [3.63, 3.8) is 0 Å². The van der Waals surface area contributed by atoms with E-state index in [-0.39, 0.29) is 0 Å². The van der Waals surface area contributed by atoms with E-state index in [0.717, 1.165) is 24.0 Å². The third-order valence-electron chi connectivity index (χ3n) is 6.34. The van der Waals surface area contributed by atoms with E-state index in [1.807, 2.05) is 13.1 Å². The SMILES string of the molecule is CN(c1ncnc2cc([C@@H]3O[C@H](COP(=O)(O)CP(=O)(O)O)[C@@H](O)[C@H]3O)ccc12)C1CCCC1. The molecular formula is C20H29N3O9P2. The van der Waals surface area contributed by atoms with Crippen molar-refractivity contribution in [1.29, 1.82) is 0 Å². The average molecular weight is 517 g/mol. The summed E-state index contributed by atoms with van der Waals surface area (Å²) >= 11 is 0. The zero-order chi connectivity index (χ0) is 24.7. The van der Waals surface area contributed by atoms with Gasteiger partial charge in [0.25, 0.3) is 0 Å². The molecule has 34 heavy (non-hydrogen) atoms. The first-order valence-corrected chi connectivity index (χ1v) is 14.5. The number of anilines is 1. The van der Waals surface area contributed by atoms with Crippen molar-refractivity contribution in [3.8, 4) is 0 Å². The van der Waals surface area contributed by atoms with Crippen LogP contribution in [0.25, 0.3) is 10.9 Å².